The first kappa shape index (κ1) is 18.9. The zero-order valence-corrected chi connectivity index (χ0v) is 14.5. The lowest BCUT2D eigenvalue weighted by Gasteiger charge is -2.15. The van der Waals surface area contributed by atoms with Crippen molar-refractivity contribution >= 4 is 23.3 Å². The van der Waals surface area contributed by atoms with Crippen molar-refractivity contribution in [2.45, 2.75) is 20.0 Å². The molecule has 0 aromatic heterocycles. The van der Waals surface area contributed by atoms with Gasteiger partial charge in [0.15, 0.2) is 6.10 Å². The van der Waals surface area contributed by atoms with Gasteiger partial charge < -0.3 is 14.8 Å². The number of esters is 1. The number of nitro groups is 1. The highest BCUT2D eigenvalue weighted by Crippen LogP contribution is 2.29. The standard InChI is InChI=1S/C18H18N2O6/c1-11-4-6-13(7-5-11)18(22)26-12(2)17(21)19-15-10-14(20(23)24)8-9-16(15)25-3/h4-10,12H,1-3H3,(H,19,21). The highest BCUT2D eigenvalue weighted by Gasteiger charge is 2.21. The number of methoxy groups -OCH3 is 1. The van der Waals surface area contributed by atoms with Crippen LogP contribution < -0.4 is 10.1 Å². The normalized spacial score (nSPS) is 11.3. The number of carbonyl (C=O) groups is 2. The van der Waals surface area contributed by atoms with Gasteiger partial charge in [0.1, 0.15) is 5.75 Å². The van der Waals surface area contributed by atoms with Crippen LogP contribution in [0.1, 0.15) is 22.8 Å². The number of anilines is 1. The van der Waals surface area contributed by atoms with Crippen molar-refractivity contribution < 1.29 is 24.0 Å². The molecule has 8 heteroatoms. The molecule has 0 bridgehead atoms. The predicted molar refractivity (Wildman–Crippen MR) is 94.3 cm³/mol. The molecule has 2 rings (SSSR count). The van der Waals surface area contributed by atoms with Gasteiger partial charge in [-0.05, 0) is 32.0 Å². The number of hydrogen-bond donors (Lipinski definition) is 1. The topological polar surface area (TPSA) is 108 Å². The minimum Gasteiger partial charge on any atom is -0.495 e. The van der Waals surface area contributed by atoms with Crippen molar-refractivity contribution in [2.24, 2.45) is 0 Å². The lowest BCUT2D eigenvalue weighted by Crippen LogP contribution is -2.30. The van der Waals surface area contributed by atoms with E-state index in [1.54, 1.807) is 24.3 Å². The molecule has 1 N–H and O–H groups in total. The van der Waals surface area contributed by atoms with Gasteiger partial charge in [-0.3, -0.25) is 14.9 Å². The number of nitrogens with one attached hydrogen (secondary N) is 1. The molecule has 0 fully saturated rings. The van der Waals surface area contributed by atoms with Crippen molar-refractivity contribution in [3.8, 4) is 5.75 Å². The van der Waals surface area contributed by atoms with Gasteiger partial charge >= 0.3 is 5.97 Å². The van der Waals surface area contributed by atoms with E-state index in [0.29, 0.717) is 5.56 Å². The SMILES string of the molecule is COc1ccc([N+](=O)[O-])cc1NC(=O)C(C)OC(=O)c1ccc(C)cc1. The molecule has 2 aromatic carbocycles. The highest BCUT2D eigenvalue weighted by molar-refractivity contribution is 5.98. The Morgan fingerprint density at radius 3 is 2.38 bits per heavy atom. The fraction of sp³-hybridized carbons (Fsp3) is 0.222. The molecule has 0 aliphatic rings. The van der Waals surface area contributed by atoms with E-state index in [4.69, 9.17) is 9.47 Å². The minimum absolute atomic E-state index is 0.116. The number of aryl methyl sites for hydroxylation is 1. The average molecular weight is 358 g/mol. The van der Waals surface area contributed by atoms with Crippen LogP contribution in [0.2, 0.25) is 0 Å². The summed E-state index contributed by atoms with van der Waals surface area (Å²) in [5.41, 5.74) is 1.23. The maximum Gasteiger partial charge on any atom is 0.338 e. The fourth-order valence-electron chi connectivity index (χ4n) is 2.11. The summed E-state index contributed by atoms with van der Waals surface area (Å²) in [6.07, 6.45) is -1.10. The molecule has 8 nitrogen and oxygen atoms in total. The maximum absolute atomic E-state index is 12.3. The number of hydrogen-bond acceptors (Lipinski definition) is 6. The number of carbonyl (C=O) groups excluding carboxylic acids is 2. The smallest absolute Gasteiger partial charge is 0.338 e. The Bertz CT molecular complexity index is 832. The molecule has 0 saturated heterocycles. The van der Waals surface area contributed by atoms with Crippen LogP contribution in [0.3, 0.4) is 0 Å². The Kier molecular flexibility index (Phi) is 5.90. The molecule has 0 spiro atoms. The first-order valence-corrected chi connectivity index (χ1v) is 7.72. The van der Waals surface area contributed by atoms with E-state index in [9.17, 15) is 19.7 Å². The summed E-state index contributed by atoms with van der Waals surface area (Å²) in [6.45, 7) is 3.29. The van der Waals surface area contributed by atoms with Gasteiger partial charge in [-0.1, -0.05) is 17.7 Å². The van der Waals surface area contributed by atoms with E-state index < -0.39 is 22.9 Å². The molecule has 1 amide bonds. The quantitative estimate of drug-likeness (QED) is 0.483. The molecule has 0 aliphatic carbocycles. The molecule has 1 atom stereocenters. The van der Waals surface area contributed by atoms with Gasteiger partial charge in [0, 0.05) is 12.1 Å². The van der Waals surface area contributed by atoms with Crippen molar-refractivity contribution in [3.05, 3.63) is 63.7 Å². The van der Waals surface area contributed by atoms with Crippen LogP contribution in [0.15, 0.2) is 42.5 Å². The predicted octanol–water partition coefficient (Wildman–Crippen LogP) is 3.10. The summed E-state index contributed by atoms with van der Waals surface area (Å²) in [4.78, 5) is 34.6. The van der Waals surface area contributed by atoms with Crippen molar-refractivity contribution in [1.29, 1.82) is 0 Å². The summed E-state index contributed by atoms with van der Waals surface area (Å²) >= 11 is 0. The van der Waals surface area contributed by atoms with E-state index >= 15 is 0 Å². The van der Waals surface area contributed by atoms with Gasteiger partial charge in [0.2, 0.25) is 0 Å². The summed E-state index contributed by atoms with van der Waals surface area (Å²) in [5, 5.41) is 13.4. The molecule has 0 radical (unpaired) electrons. The third-order valence-electron chi connectivity index (χ3n) is 3.59. The second kappa shape index (κ2) is 8.11. The Labute approximate surface area is 149 Å². The van der Waals surface area contributed by atoms with Gasteiger partial charge in [0.05, 0.1) is 23.3 Å². The number of amides is 1. The van der Waals surface area contributed by atoms with Gasteiger partial charge in [-0.2, -0.15) is 0 Å². The van der Waals surface area contributed by atoms with Crippen LogP contribution in [0.4, 0.5) is 11.4 Å². The summed E-state index contributed by atoms with van der Waals surface area (Å²) < 4.78 is 10.2. The van der Waals surface area contributed by atoms with Gasteiger partial charge in [-0.15, -0.1) is 0 Å². The summed E-state index contributed by atoms with van der Waals surface area (Å²) in [5.74, 6) is -1.02. The maximum atomic E-state index is 12.3. The van der Waals surface area contributed by atoms with E-state index in [1.165, 1.54) is 32.2 Å². The van der Waals surface area contributed by atoms with Gasteiger partial charge in [0.25, 0.3) is 11.6 Å². The van der Waals surface area contributed by atoms with Crippen LogP contribution in [0.5, 0.6) is 5.75 Å². The first-order chi connectivity index (χ1) is 12.3. The number of benzene rings is 2. The van der Waals surface area contributed by atoms with E-state index in [-0.39, 0.29) is 17.1 Å². The Morgan fingerprint density at radius 1 is 1.15 bits per heavy atom. The molecular weight excluding hydrogens is 340 g/mol. The number of non-ortho nitro benzene ring substituents is 1. The summed E-state index contributed by atoms with van der Waals surface area (Å²) in [7, 11) is 1.37. The van der Waals surface area contributed by atoms with E-state index in [2.05, 4.69) is 5.32 Å². The van der Waals surface area contributed by atoms with Crippen molar-refractivity contribution in [3.63, 3.8) is 0 Å². The van der Waals surface area contributed by atoms with E-state index in [1.807, 2.05) is 6.92 Å². The second-order valence-corrected chi connectivity index (χ2v) is 5.54. The third kappa shape index (κ3) is 4.56. The molecule has 0 heterocycles. The Balaban J connectivity index is 2.09. The minimum atomic E-state index is -1.10. The second-order valence-electron chi connectivity index (χ2n) is 5.54. The highest BCUT2D eigenvalue weighted by atomic mass is 16.6. The first-order valence-electron chi connectivity index (χ1n) is 7.72. The van der Waals surface area contributed by atoms with E-state index in [0.717, 1.165) is 5.56 Å². The zero-order valence-electron chi connectivity index (χ0n) is 14.5. The molecule has 26 heavy (non-hydrogen) atoms. The zero-order chi connectivity index (χ0) is 19.3. The Morgan fingerprint density at radius 2 is 1.81 bits per heavy atom. The van der Waals surface area contributed by atoms with Crippen LogP contribution in [0.25, 0.3) is 0 Å². The number of nitrogens with zero attached hydrogens (tertiary/aromatic N) is 1. The molecule has 1 unspecified atom stereocenters. The molecule has 0 saturated carbocycles. The fourth-order valence-corrected chi connectivity index (χ4v) is 2.11. The summed E-state index contributed by atoms with van der Waals surface area (Å²) in [6, 6.07) is 10.5. The van der Waals surface area contributed by atoms with Gasteiger partial charge in [-0.25, -0.2) is 4.79 Å². The molecule has 2 aromatic rings. The number of nitro benzene ring substituents is 1. The largest absolute Gasteiger partial charge is 0.495 e. The molecule has 0 aliphatic heterocycles. The van der Waals surface area contributed by atoms with Crippen LogP contribution in [-0.2, 0) is 9.53 Å². The average Bonchev–Trinajstić information content (AvgIpc) is 2.61. The number of rotatable bonds is 6. The Hall–Kier alpha value is -3.42. The molecule has 136 valence electrons. The van der Waals surface area contributed by atoms with Crippen molar-refractivity contribution in [2.75, 3.05) is 12.4 Å². The van der Waals surface area contributed by atoms with Crippen LogP contribution in [-0.4, -0.2) is 30.0 Å². The van der Waals surface area contributed by atoms with Crippen LogP contribution >= 0.6 is 0 Å². The van der Waals surface area contributed by atoms with Crippen LogP contribution in [0, 0.1) is 17.0 Å². The number of ether oxygens (including phenoxy) is 2. The lowest BCUT2D eigenvalue weighted by molar-refractivity contribution is -0.384. The van der Waals surface area contributed by atoms with Crippen molar-refractivity contribution in [1.82, 2.24) is 0 Å². The third-order valence-corrected chi connectivity index (χ3v) is 3.59. The lowest BCUT2D eigenvalue weighted by atomic mass is 10.1. The monoisotopic (exact) mass is 358 g/mol. The molecular formula is C18H18N2O6.